The molecule has 4 nitrogen and oxygen atoms in total. The van der Waals surface area contributed by atoms with Crippen LogP contribution in [0.3, 0.4) is 0 Å². The van der Waals surface area contributed by atoms with Crippen molar-refractivity contribution < 1.29 is 14.0 Å². The number of rotatable bonds is 3. The van der Waals surface area contributed by atoms with Gasteiger partial charge >= 0.3 is 0 Å². The number of benzene rings is 1. The van der Waals surface area contributed by atoms with Crippen molar-refractivity contribution >= 4 is 40.6 Å². The zero-order valence-electron chi connectivity index (χ0n) is 11.5. The second kappa shape index (κ2) is 6.50. The third-order valence-electron chi connectivity index (χ3n) is 3.27. The van der Waals surface area contributed by atoms with Gasteiger partial charge in [0.25, 0.3) is 5.91 Å². The quantitative estimate of drug-likeness (QED) is 0.937. The molecule has 0 spiro atoms. The maximum Gasteiger partial charge on any atom is 0.265 e. The van der Waals surface area contributed by atoms with Crippen molar-refractivity contribution in [3.63, 3.8) is 0 Å². The zero-order valence-corrected chi connectivity index (χ0v) is 13.1. The summed E-state index contributed by atoms with van der Waals surface area (Å²) in [4.78, 5) is 27.0. The summed E-state index contributed by atoms with van der Waals surface area (Å²) >= 11 is 2.89. The molecule has 114 valence electrons. The fourth-order valence-electron chi connectivity index (χ4n) is 2.19. The second-order valence-corrected chi connectivity index (χ2v) is 6.72. The SMILES string of the molecule is O=C(Nc1cccc(F)c1)C1CSCN1C(=O)c1cccs1. The van der Waals surface area contributed by atoms with Crippen molar-refractivity contribution in [1.82, 2.24) is 4.90 Å². The molecule has 0 bridgehead atoms. The Hall–Kier alpha value is -1.86. The van der Waals surface area contributed by atoms with E-state index in [1.54, 1.807) is 17.0 Å². The van der Waals surface area contributed by atoms with Crippen molar-refractivity contribution in [2.75, 3.05) is 16.9 Å². The van der Waals surface area contributed by atoms with Crippen molar-refractivity contribution in [3.05, 3.63) is 52.5 Å². The van der Waals surface area contributed by atoms with Crippen molar-refractivity contribution in [2.45, 2.75) is 6.04 Å². The topological polar surface area (TPSA) is 49.4 Å². The van der Waals surface area contributed by atoms with Crippen LogP contribution in [0.5, 0.6) is 0 Å². The lowest BCUT2D eigenvalue weighted by molar-refractivity contribution is -0.119. The third kappa shape index (κ3) is 3.15. The number of amides is 2. The molecule has 0 aliphatic carbocycles. The summed E-state index contributed by atoms with van der Waals surface area (Å²) in [6.45, 7) is 0. The van der Waals surface area contributed by atoms with E-state index in [1.165, 1.54) is 41.3 Å². The van der Waals surface area contributed by atoms with Gasteiger partial charge in [-0.1, -0.05) is 12.1 Å². The number of hydrogen-bond donors (Lipinski definition) is 1. The maximum absolute atomic E-state index is 13.2. The van der Waals surface area contributed by atoms with Crippen LogP contribution in [0.15, 0.2) is 41.8 Å². The molecule has 1 aliphatic rings. The third-order valence-corrected chi connectivity index (χ3v) is 5.14. The van der Waals surface area contributed by atoms with Gasteiger partial charge in [-0.2, -0.15) is 0 Å². The Kier molecular flexibility index (Phi) is 4.44. The van der Waals surface area contributed by atoms with Crippen LogP contribution in [0.2, 0.25) is 0 Å². The van der Waals surface area contributed by atoms with Gasteiger partial charge in [-0.3, -0.25) is 9.59 Å². The number of hydrogen-bond acceptors (Lipinski definition) is 4. The van der Waals surface area contributed by atoms with Crippen LogP contribution < -0.4 is 5.32 Å². The van der Waals surface area contributed by atoms with Gasteiger partial charge in [0.15, 0.2) is 0 Å². The van der Waals surface area contributed by atoms with E-state index in [0.29, 0.717) is 22.2 Å². The Balaban J connectivity index is 1.72. The first-order valence-electron chi connectivity index (χ1n) is 6.64. The van der Waals surface area contributed by atoms with Crippen LogP contribution in [0.1, 0.15) is 9.67 Å². The Morgan fingerprint density at radius 2 is 2.14 bits per heavy atom. The Morgan fingerprint density at radius 1 is 1.27 bits per heavy atom. The molecule has 1 atom stereocenters. The minimum Gasteiger partial charge on any atom is -0.324 e. The molecule has 2 heterocycles. The minimum absolute atomic E-state index is 0.139. The molecule has 3 rings (SSSR count). The van der Waals surface area contributed by atoms with Crippen LogP contribution in [-0.4, -0.2) is 34.4 Å². The number of nitrogens with one attached hydrogen (secondary N) is 1. The number of anilines is 1. The molecule has 2 aromatic rings. The van der Waals surface area contributed by atoms with Gasteiger partial charge in [-0.25, -0.2) is 4.39 Å². The van der Waals surface area contributed by atoms with Gasteiger partial charge in [-0.15, -0.1) is 23.1 Å². The molecule has 1 unspecified atom stereocenters. The van der Waals surface area contributed by atoms with Gasteiger partial charge in [0.05, 0.1) is 10.8 Å². The molecule has 1 aromatic carbocycles. The zero-order chi connectivity index (χ0) is 15.5. The molecule has 1 fully saturated rings. The Morgan fingerprint density at radius 3 is 2.86 bits per heavy atom. The highest BCUT2D eigenvalue weighted by Crippen LogP contribution is 2.25. The maximum atomic E-state index is 13.2. The van der Waals surface area contributed by atoms with Gasteiger partial charge in [0.2, 0.25) is 5.91 Å². The number of thiophene rings is 1. The highest BCUT2D eigenvalue weighted by molar-refractivity contribution is 7.99. The van der Waals surface area contributed by atoms with Crippen LogP contribution in [0.4, 0.5) is 10.1 Å². The largest absolute Gasteiger partial charge is 0.324 e. The van der Waals surface area contributed by atoms with Gasteiger partial charge < -0.3 is 10.2 Å². The lowest BCUT2D eigenvalue weighted by Crippen LogP contribution is -2.44. The van der Waals surface area contributed by atoms with Crippen molar-refractivity contribution in [2.24, 2.45) is 0 Å². The second-order valence-electron chi connectivity index (χ2n) is 4.77. The lowest BCUT2D eigenvalue weighted by atomic mass is 10.2. The van der Waals surface area contributed by atoms with Crippen molar-refractivity contribution in [1.29, 1.82) is 0 Å². The predicted molar refractivity (Wildman–Crippen MR) is 86.6 cm³/mol. The van der Waals surface area contributed by atoms with Crippen LogP contribution in [0.25, 0.3) is 0 Å². The van der Waals surface area contributed by atoms with Gasteiger partial charge in [0, 0.05) is 11.4 Å². The number of halogens is 1. The summed E-state index contributed by atoms with van der Waals surface area (Å²) in [5.41, 5.74) is 0.394. The highest BCUT2D eigenvalue weighted by Gasteiger charge is 2.35. The average molecular weight is 336 g/mol. The Bertz CT molecular complexity index is 691. The van der Waals surface area contributed by atoms with Crippen molar-refractivity contribution in [3.8, 4) is 0 Å². The number of carbonyl (C=O) groups is 2. The first-order valence-corrected chi connectivity index (χ1v) is 8.67. The van der Waals surface area contributed by atoms with E-state index >= 15 is 0 Å². The van der Waals surface area contributed by atoms with E-state index < -0.39 is 11.9 Å². The van der Waals surface area contributed by atoms with E-state index in [2.05, 4.69) is 5.32 Å². The molecule has 1 N–H and O–H groups in total. The molecule has 1 saturated heterocycles. The highest BCUT2D eigenvalue weighted by atomic mass is 32.2. The van der Waals surface area contributed by atoms with Crippen LogP contribution in [0, 0.1) is 5.82 Å². The summed E-state index contributed by atoms with van der Waals surface area (Å²) in [6.07, 6.45) is 0. The standard InChI is InChI=1S/C15H13FN2O2S2/c16-10-3-1-4-11(7-10)17-14(19)12-8-21-9-18(12)15(20)13-5-2-6-22-13/h1-7,12H,8-9H2,(H,17,19). The molecule has 0 radical (unpaired) electrons. The Labute approximate surface area is 135 Å². The average Bonchev–Trinajstić information content (AvgIpc) is 3.18. The van der Waals surface area contributed by atoms with Crippen LogP contribution in [-0.2, 0) is 4.79 Å². The van der Waals surface area contributed by atoms with E-state index in [9.17, 15) is 14.0 Å². The lowest BCUT2D eigenvalue weighted by Gasteiger charge is -2.22. The molecule has 0 saturated carbocycles. The normalized spacial score (nSPS) is 17.5. The first-order chi connectivity index (χ1) is 10.6. The summed E-state index contributed by atoms with van der Waals surface area (Å²) < 4.78 is 13.2. The number of thioether (sulfide) groups is 1. The fourth-order valence-corrected chi connectivity index (χ4v) is 4.03. The van der Waals surface area contributed by atoms with Gasteiger partial charge in [-0.05, 0) is 29.6 Å². The van der Waals surface area contributed by atoms with Gasteiger partial charge in [0.1, 0.15) is 11.9 Å². The molecule has 1 aliphatic heterocycles. The van der Waals surface area contributed by atoms with E-state index in [4.69, 9.17) is 0 Å². The van der Waals surface area contributed by atoms with E-state index in [1.807, 2.05) is 11.4 Å². The molecule has 2 amide bonds. The smallest absolute Gasteiger partial charge is 0.265 e. The van der Waals surface area contributed by atoms with Crippen LogP contribution >= 0.6 is 23.1 Å². The summed E-state index contributed by atoms with van der Waals surface area (Å²) in [6, 6.07) is 8.74. The summed E-state index contributed by atoms with van der Waals surface area (Å²) in [5.74, 6) is 0.181. The fraction of sp³-hybridized carbons (Fsp3) is 0.200. The molecular weight excluding hydrogens is 323 g/mol. The minimum atomic E-state index is -0.539. The monoisotopic (exact) mass is 336 g/mol. The predicted octanol–water partition coefficient (Wildman–Crippen LogP) is 3.04. The molecule has 1 aromatic heterocycles. The molecule has 22 heavy (non-hydrogen) atoms. The van der Waals surface area contributed by atoms with E-state index in [0.717, 1.165) is 0 Å². The molecular formula is C15H13FN2O2S2. The number of carbonyl (C=O) groups excluding carboxylic acids is 2. The van der Waals surface area contributed by atoms with E-state index in [-0.39, 0.29) is 11.8 Å². The summed E-state index contributed by atoms with van der Waals surface area (Å²) in [5, 5.41) is 4.50. The molecule has 7 heteroatoms. The first kappa shape index (κ1) is 15.1. The number of nitrogens with zero attached hydrogens (tertiary/aromatic N) is 1. The summed E-state index contributed by atoms with van der Waals surface area (Å²) in [7, 11) is 0.